The van der Waals surface area contributed by atoms with Crippen LogP contribution >= 0.6 is 0 Å². The van der Waals surface area contributed by atoms with Gasteiger partial charge in [0.25, 0.3) is 0 Å². The zero-order valence-electron chi connectivity index (χ0n) is 39.4. The Hall–Kier alpha value is -8.78. The molecule has 1 heteroatoms. The van der Waals surface area contributed by atoms with Gasteiger partial charge in [0.05, 0.1) is 0 Å². The first-order valence-corrected chi connectivity index (χ1v) is 24.3. The summed E-state index contributed by atoms with van der Waals surface area (Å²) in [5, 5.41) is 0. The van der Waals surface area contributed by atoms with Gasteiger partial charge in [-0.25, -0.2) is 0 Å². The maximum atomic E-state index is 2.43. The van der Waals surface area contributed by atoms with E-state index in [1.54, 1.807) is 0 Å². The molecule has 0 fully saturated rings. The fourth-order valence-electron chi connectivity index (χ4n) is 10.5. The van der Waals surface area contributed by atoms with E-state index in [0.717, 1.165) is 17.1 Å². The van der Waals surface area contributed by atoms with Gasteiger partial charge in [-0.05, 0) is 155 Å². The summed E-state index contributed by atoms with van der Waals surface area (Å²) in [6.07, 6.45) is 0. The molecule has 0 spiro atoms. The van der Waals surface area contributed by atoms with Crippen molar-refractivity contribution in [2.75, 3.05) is 4.90 Å². The summed E-state index contributed by atoms with van der Waals surface area (Å²) >= 11 is 0. The molecule has 0 N–H and O–H groups in total. The number of fused-ring (bicyclic) bond motifs is 3. The smallest absolute Gasteiger partial charge is 0.0465 e. The number of rotatable bonds is 10. The van der Waals surface area contributed by atoms with E-state index in [9.17, 15) is 0 Å². The quantitative estimate of drug-likeness (QED) is 0.132. The van der Waals surface area contributed by atoms with Crippen molar-refractivity contribution in [3.8, 4) is 89.0 Å². The topological polar surface area (TPSA) is 3.24 Å². The summed E-state index contributed by atoms with van der Waals surface area (Å²) < 4.78 is 0. The number of hydrogen-bond donors (Lipinski definition) is 0. The summed E-state index contributed by atoms with van der Waals surface area (Å²) in [4.78, 5) is 2.41. The highest BCUT2D eigenvalue weighted by Crippen LogP contribution is 2.52. The fourth-order valence-corrected chi connectivity index (χ4v) is 10.5. The third-order valence-electron chi connectivity index (χ3n) is 14.3. The van der Waals surface area contributed by atoms with Gasteiger partial charge in [0.15, 0.2) is 0 Å². The van der Waals surface area contributed by atoms with E-state index in [1.165, 1.54) is 100 Å². The molecule has 11 aromatic rings. The summed E-state index contributed by atoms with van der Waals surface area (Å²) in [5.41, 5.74) is 25.4. The number of anilines is 3. The number of nitrogens with zero attached hydrogens (tertiary/aromatic N) is 1. The third-order valence-corrected chi connectivity index (χ3v) is 14.3. The van der Waals surface area contributed by atoms with Gasteiger partial charge in [-0.15, -0.1) is 0 Å². The molecule has 0 amide bonds. The summed E-state index contributed by atoms with van der Waals surface area (Å²) in [5.74, 6) is 0. The van der Waals surface area contributed by atoms with E-state index in [1.807, 2.05) is 0 Å². The van der Waals surface area contributed by atoms with Crippen molar-refractivity contribution in [1.29, 1.82) is 0 Å². The normalized spacial score (nSPS) is 12.3. The van der Waals surface area contributed by atoms with E-state index in [2.05, 4.69) is 292 Å². The predicted molar refractivity (Wildman–Crippen MR) is 297 cm³/mol. The van der Waals surface area contributed by atoms with Crippen LogP contribution in [0.25, 0.3) is 89.0 Å². The first kappa shape index (κ1) is 42.6. The Kier molecular flexibility index (Phi) is 11.0. The summed E-state index contributed by atoms with van der Waals surface area (Å²) in [7, 11) is 0. The highest BCUT2D eigenvalue weighted by atomic mass is 15.1. The molecule has 0 aromatic heterocycles. The molecule has 11 aromatic carbocycles. The molecule has 0 saturated carbocycles. The van der Waals surface area contributed by atoms with Crippen LogP contribution in [0.1, 0.15) is 25.0 Å². The van der Waals surface area contributed by atoms with Crippen LogP contribution in [0.15, 0.2) is 273 Å². The van der Waals surface area contributed by atoms with Crippen molar-refractivity contribution in [3.05, 3.63) is 284 Å². The molecule has 0 unspecified atom stereocenters. The monoisotopic (exact) mass is 893 g/mol. The molecular weight excluding hydrogens is 843 g/mol. The SMILES string of the molecule is CC1(C)c2cc(-c3ccc(-c4ccc(-c5ccccc5)cc4)cc3)ccc2-c2ccc(N(c3ccc(-c4cccc(-c5ccccc5)c4)cc3)c3ccc(-c4cccc(-c5ccccc5)c4)cc3)cc21. The molecular formula is C69H51N. The molecule has 1 aliphatic carbocycles. The first-order valence-electron chi connectivity index (χ1n) is 24.3. The lowest BCUT2D eigenvalue weighted by Crippen LogP contribution is -2.16. The Morgan fingerprint density at radius 2 is 0.471 bits per heavy atom. The minimum absolute atomic E-state index is 0.218. The fraction of sp³-hybridized carbons (Fsp3) is 0.0435. The zero-order valence-corrected chi connectivity index (χ0v) is 39.4. The molecule has 0 radical (unpaired) electrons. The van der Waals surface area contributed by atoms with Crippen molar-refractivity contribution in [1.82, 2.24) is 0 Å². The standard InChI is InChI=1S/C69H51N/c1-69(2)67-46-61(54-30-28-53(29-31-54)52-26-24-51(25-27-52)48-14-6-3-7-15-48)36-42-65(67)66-43-41-64(47-68(66)69)70(62-37-32-55(33-38-62)59-22-12-20-57(44-59)49-16-8-4-9-17-49)63-39-34-56(35-40-63)60-23-13-21-58(45-60)50-18-10-5-11-19-50/h3-47H,1-2H3. The molecule has 0 bridgehead atoms. The Morgan fingerprint density at radius 1 is 0.214 bits per heavy atom. The van der Waals surface area contributed by atoms with E-state index < -0.39 is 0 Å². The molecule has 70 heavy (non-hydrogen) atoms. The summed E-state index contributed by atoms with van der Waals surface area (Å²) in [6, 6.07) is 99.7. The molecule has 0 aliphatic heterocycles. The molecule has 0 heterocycles. The molecule has 332 valence electrons. The van der Waals surface area contributed by atoms with Crippen molar-refractivity contribution in [2.24, 2.45) is 0 Å². The Balaban J connectivity index is 0.869. The molecule has 1 nitrogen and oxygen atoms in total. The second kappa shape index (κ2) is 18.0. The lowest BCUT2D eigenvalue weighted by atomic mass is 9.81. The molecule has 0 atom stereocenters. The molecule has 0 saturated heterocycles. The number of benzene rings is 11. The van der Waals surface area contributed by atoms with Crippen LogP contribution < -0.4 is 4.90 Å². The lowest BCUT2D eigenvalue weighted by Gasteiger charge is -2.28. The zero-order chi connectivity index (χ0) is 47.0. The van der Waals surface area contributed by atoms with E-state index in [-0.39, 0.29) is 5.41 Å². The predicted octanol–water partition coefficient (Wildman–Crippen LogP) is 19.1. The van der Waals surface area contributed by atoms with Gasteiger partial charge in [-0.2, -0.15) is 0 Å². The minimum atomic E-state index is -0.218. The second-order valence-electron chi connectivity index (χ2n) is 19.0. The highest BCUT2D eigenvalue weighted by Gasteiger charge is 2.36. The van der Waals surface area contributed by atoms with Gasteiger partial charge in [0.1, 0.15) is 0 Å². The molecule has 1 aliphatic rings. The third kappa shape index (κ3) is 8.12. The van der Waals surface area contributed by atoms with E-state index >= 15 is 0 Å². The van der Waals surface area contributed by atoms with E-state index in [0.29, 0.717) is 0 Å². The largest absolute Gasteiger partial charge is 0.310 e. The van der Waals surface area contributed by atoms with Gasteiger partial charge in [-0.1, -0.05) is 232 Å². The van der Waals surface area contributed by atoms with Crippen LogP contribution in [0.3, 0.4) is 0 Å². The van der Waals surface area contributed by atoms with Crippen LogP contribution in [-0.4, -0.2) is 0 Å². The van der Waals surface area contributed by atoms with Gasteiger partial charge in [-0.3, -0.25) is 0 Å². The Bertz CT molecular complexity index is 3480. The van der Waals surface area contributed by atoms with Crippen molar-refractivity contribution in [2.45, 2.75) is 19.3 Å². The van der Waals surface area contributed by atoms with E-state index in [4.69, 9.17) is 0 Å². The van der Waals surface area contributed by atoms with Gasteiger partial charge >= 0.3 is 0 Å². The number of hydrogen-bond acceptors (Lipinski definition) is 1. The van der Waals surface area contributed by atoms with Crippen LogP contribution in [0, 0.1) is 0 Å². The maximum absolute atomic E-state index is 2.43. The summed E-state index contributed by atoms with van der Waals surface area (Å²) in [6.45, 7) is 4.77. The lowest BCUT2D eigenvalue weighted by molar-refractivity contribution is 0.660. The Labute approximate surface area is 412 Å². The van der Waals surface area contributed by atoms with Crippen LogP contribution in [0.5, 0.6) is 0 Å². The first-order chi connectivity index (χ1) is 34.4. The highest BCUT2D eigenvalue weighted by molar-refractivity contribution is 5.88. The average molecular weight is 894 g/mol. The minimum Gasteiger partial charge on any atom is -0.310 e. The van der Waals surface area contributed by atoms with Crippen LogP contribution in [0.4, 0.5) is 17.1 Å². The van der Waals surface area contributed by atoms with Gasteiger partial charge < -0.3 is 4.90 Å². The van der Waals surface area contributed by atoms with Gasteiger partial charge in [0, 0.05) is 22.5 Å². The Morgan fingerprint density at radius 3 is 0.871 bits per heavy atom. The van der Waals surface area contributed by atoms with Crippen LogP contribution in [0.2, 0.25) is 0 Å². The van der Waals surface area contributed by atoms with Gasteiger partial charge in [0.2, 0.25) is 0 Å². The second-order valence-corrected chi connectivity index (χ2v) is 19.0. The van der Waals surface area contributed by atoms with Crippen molar-refractivity contribution < 1.29 is 0 Å². The average Bonchev–Trinajstić information content (AvgIpc) is 3.66. The molecule has 12 rings (SSSR count). The van der Waals surface area contributed by atoms with Crippen LogP contribution in [-0.2, 0) is 5.41 Å². The van der Waals surface area contributed by atoms with Crippen molar-refractivity contribution >= 4 is 17.1 Å². The maximum Gasteiger partial charge on any atom is 0.0465 e. The van der Waals surface area contributed by atoms with Crippen molar-refractivity contribution in [3.63, 3.8) is 0 Å².